The Morgan fingerprint density at radius 3 is 2.59 bits per heavy atom. The zero-order valence-corrected chi connectivity index (χ0v) is 25.0. The minimum atomic E-state index is -3.58. The van der Waals surface area contributed by atoms with Crippen LogP contribution in [0.1, 0.15) is 41.2 Å². The first-order valence-electron chi connectivity index (χ1n) is 12.6. The van der Waals surface area contributed by atoms with Crippen LogP contribution < -0.4 is 19.0 Å². The Labute approximate surface area is 225 Å². The molecular formula is C26H35AsN6O3S. The second-order valence-corrected chi connectivity index (χ2v) is 13.5. The predicted molar refractivity (Wildman–Crippen MR) is 148 cm³/mol. The van der Waals surface area contributed by atoms with Gasteiger partial charge >= 0.3 is 226 Å². The van der Waals surface area contributed by atoms with Crippen LogP contribution in [0.3, 0.4) is 0 Å². The van der Waals surface area contributed by atoms with Crippen molar-refractivity contribution in [3.8, 4) is 11.3 Å². The van der Waals surface area contributed by atoms with E-state index in [9.17, 15) is 13.2 Å². The standard InChI is InChI=1S/C26H35AsN6O3S/c1-6-32(7-2)14-13-30-37(35,36)22-9-8-20(16-17(22)3)27-26-29-11-10-21(31-26)23-18(4)24-25(34)28-12-15-33(24)19(23)5/h8-11,16,27,30H,6-7,12-15H2,1-5H3,(H,28,34). The molecule has 1 atom stereocenters. The van der Waals surface area contributed by atoms with Gasteiger partial charge in [0, 0.05) is 0 Å². The summed E-state index contributed by atoms with van der Waals surface area (Å²) in [5.74, 6) is -0.0473. The van der Waals surface area contributed by atoms with Crippen molar-refractivity contribution >= 4 is 40.6 Å². The van der Waals surface area contributed by atoms with Gasteiger partial charge in [-0.3, -0.25) is 0 Å². The molecule has 198 valence electrons. The number of benzene rings is 1. The summed E-state index contributed by atoms with van der Waals surface area (Å²) in [6.07, 6.45) is 1.77. The molecule has 0 fully saturated rings. The first kappa shape index (κ1) is 27.5. The second kappa shape index (κ2) is 11.5. The van der Waals surface area contributed by atoms with Crippen LogP contribution in [0, 0.1) is 20.8 Å². The molecule has 1 aliphatic heterocycles. The average molecular weight is 587 g/mol. The van der Waals surface area contributed by atoms with Crippen molar-refractivity contribution in [1.82, 2.24) is 29.5 Å². The third-order valence-corrected chi connectivity index (χ3v) is 10.7. The normalized spacial score (nSPS) is 13.9. The third kappa shape index (κ3) is 5.82. The molecule has 37 heavy (non-hydrogen) atoms. The maximum atomic E-state index is 12.9. The Kier molecular flexibility index (Phi) is 8.53. The van der Waals surface area contributed by atoms with E-state index in [-0.39, 0.29) is 5.91 Å². The molecule has 1 aromatic carbocycles. The second-order valence-electron chi connectivity index (χ2n) is 9.14. The van der Waals surface area contributed by atoms with Gasteiger partial charge < -0.3 is 0 Å². The number of likely N-dealkylation sites (N-methyl/N-ethyl adjacent to an activating group) is 1. The van der Waals surface area contributed by atoms with E-state index in [0.717, 1.165) is 51.1 Å². The molecule has 0 saturated heterocycles. The Morgan fingerprint density at radius 2 is 1.92 bits per heavy atom. The van der Waals surface area contributed by atoms with Crippen LogP contribution in [-0.2, 0) is 16.6 Å². The van der Waals surface area contributed by atoms with Crippen LogP contribution in [0.2, 0.25) is 0 Å². The molecule has 11 heteroatoms. The fraction of sp³-hybridized carbons (Fsp3) is 0.423. The first-order chi connectivity index (χ1) is 17.7. The van der Waals surface area contributed by atoms with E-state index < -0.39 is 25.8 Å². The van der Waals surface area contributed by atoms with E-state index in [0.29, 0.717) is 35.8 Å². The number of nitrogens with zero attached hydrogens (tertiary/aromatic N) is 4. The SMILES string of the molecule is CCN(CC)CCNS(=O)(=O)c1ccc([AsH]c2nccc(-c3c(C)c4n(c3C)CCNC4=O)n2)cc1C. The van der Waals surface area contributed by atoms with Crippen molar-refractivity contribution < 1.29 is 13.2 Å². The number of aryl methyl sites for hydroxylation is 1. The van der Waals surface area contributed by atoms with Gasteiger partial charge in [0.15, 0.2) is 0 Å². The molecule has 0 aliphatic carbocycles. The Balaban J connectivity index is 1.53. The van der Waals surface area contributed by atoms with Gasteiger partial charge in [0.1, 0.15) is 0 Å². The molecule has 4 rings (SSSR count). The van der Waals surface area contributed by atoms with Crippen LogP contribution in [0.5, 0.6) is 0 Å². The van der Waals surface area contributed by atoms with Crippen molar-refractivity contribution in [1.29, 1.82) is 0 Å². The number of nitrogens with one attached hydrogen (secondary N) is 2. The van der Waals surface area contributed by atoms with Crippen molar-refractivity contribution in [3.63, 3.8) is 0 Å². The fourth-order valence-electron chi connectivity index (χ4n) is 4.88. The van der Waals surface area contributed by atoms with Gasteiger partial charge in [-0.2, -0.15) is 0 Å². The quantitative estimate of drug-likeness (QED) is 0.338. The average Bonchev–Trinajstić information content (AvgIpc) is 3.12. The van der Waals surface area contributed by atoms with E-state index in [1.807, 2.05) is 39.0 Å². The van der Waals surface area contributed by atoms with Gasteiger partial charge in [-0.15, -0.1) is 0 Å². The van der Waals surface area contributed by atoms with E-state index >= 15 is 0 Å². The summed E-state index contributed by atoms with van der Waals surface area (Å²) in [7, 11) is -3.58. The minimum absolute atomic E-state index is 0.0473. The molecule has 1 amide bonds. The molecule has 1 aliphatic rings. The molecule has 9 nitrogen and oxygen atoms in total. The topological polar surface area (TPSA) is 109 Å². The number of rotatable bonds is 10. The number of carbonyl (C=O) groups excluding carboxylic acids is 1. The molecular weight excluding hydrogens is 551 g/mol. The summed E-state index contributed by atoms with van der Waals surface area (Å²) in [4.78, 5) is 24.3. The fourth-order valence-corrected chi connectivity index (χ4v) is 8.29. The van der Waals surface area contributed by atoms with E-state index in [1.165, 1.54) is 0 Å². The van der Waals surface area contributed by atoms with Crippen LogP contribution in [-0.4, -0.2) is 82.2 Å². The van der Waals surface area contributed by atoms with Crippen LogP contribution in [0.25, 0.3) is 11.3 Å². The third-order valence-electron chi connectivity index (χ3n) is 6.85. The number of hydrogen-bond donors (Lipinski definition) is 2. The molecule has 2 N–H and O–H groups in total. The molecule has 3 aromatic rings. The molecule has 1 unspecified atom stereocenters. The Hall–Kier alpha value is -2.52. The van der Waals surface area contributed by atoms with Crippen LogP contribution in [0.4, 0.5) is 0 Å². The van der Waals surface area contributed by atoms with Gasteiger partial charge in [0.25, 0.3) is 0 Å². The van der Waals surface area contributed by atoms with Gasteiger partial charge in [-0.1, -0.05) is 0 Å². The van der Waals surface area contributed by atoms with E-state index in [4.69, 9.17) is 4.98 Å². The van der Waals surface area contributed by atoms with E-state index in [2.05, 4.69) is 38.3 Å². The molecule has 0 radical (unpaired) electrons. The monoisotopic (exact) mass is 586 g/mol. The molecule has 0 saturated carbocycles. The number of sulfonamides is 1. The number of amides is 1. The van der Waals surface area contributed by atoms with E-state index in [1.54, 1.807) is 12.3 Å². The number of aromatic nitrogens is 3. The summed E-state index contributed by atoms with van der Waals surface area (Å²) < 4.78 is 32.4. The number of carbonyl (C=O) groups is 1. The Bertz CT molecular complexity index is 1420. The Morgan fingerprint density at radius 1 is 1.16 bits per heavy atom. The van der Waals surface area contributed by atoms with Crippen molar-refractivity contribution in [2.24, 2.45) is 0 Å². The van der Waals surface area contributed by atoms with Crippen molar-refractivity contribution in [2.45, 2.75) is 46.1 Å². The molecule has 2 aromatic heterocycles. The summed E-state index contributed by atoms with van der Waals surface area (Å²) in [6.45, 7) is 14.2. The molecule has 0 bridgehead atoms. The van der Waals surface area contributed by atoms with Crippen LogP contribution in [0.15, 0.2) is 35.4 Å². The van der Waals surface area contributed by atoms with Gasteiger partial charge in [0.2, 0.25) is 0 Å². The van der Waals surface area contributed by atoms with Gasteiger partial charge in [-0.25, -0.2) is 0 Å². The van der Waals surface area contributed by atoms with Gasteiger partial charge in [-0.05, 0) is 0 Å². The molecule has 3 heterocycles. The summed E-state index contributed by atoms with van der Waals surface area (Å²) in [5, 5.41) is 2.92. The number of fused-ring (bicyclic) bond motifs is 1. The van der Waals surface area contributed by atoms with Crippen molar-refractivity contribution in [3.05, 3.63) is 53.0 Å². The zero-order chi connectivity index (χ0) is 26.7. The summed E-state index contributed by atoms with van der Waals surface area (Å²) in [6, 6.07) is 7.39. The zero-order valence-electron chi connectivity index (χ0n) is 22.1. The van der Waals surface area contributed by atoms with Crippen molar-refractivity contribution in [2.75, 3.05) is 32.7 Å². The summed E-state index contributed by atoms with van der Waals surface area (Å²) in [5.41, 5.74) is 5.17. The first-order valence-corrected chi connectivity index (χ1v) is 16.1. The molecule has 0 spiro atoms. The van der Waals surface area contributed by atoms with Crippen LogP contribution >= 0.6 is 0 Å². The number of hydrogen-bond acceptors (Lipinski definition) is 6. The van der Waals surface area contributed by atoms with Gasteiger partial charge in [0.05, 0.1) is 0 Å². The predicted octanol–water partition coefficient (Wildman–Crippen LogP) is 0.621. The maximum absolute atomic E-state index is 12.9. The summed E-state index contributed by atoms with van der Waals surface area (Å²) >= 11 is -0.890.